The van der Waals surface area contributed by atoms with Crippen molar-refractivity contribution >= 4 is 17.1 Å². The van der Waals surface area contributed by atoms with Crippen LogP contribution in [0.15, 0.2) is 170 Å². The summed E-state index contributed by atoms with van der Waals surface area (Å²) in [5.74, 6) is 2.85. The van der Waals surface area contributed by atoms with E-state index in [1.807, 2.05) is 0 Å². The highest BCUT2D eigenvalue weighted by Gasteiger charge is 2.51. The third-order valence-corrected chi connectivity index (χ3v) is 16.6. The Morgan fingerprint density at radius 2 is 0.812 bits per heavy atom. The standard InChI is InChI=1S/C63H55N/c1-39-29-45(44-21-23-46(24-22-44)63-36-41-31-42(37-63)33-43(32-41)38-63)30-40(2)61(39)64(48-26-28-57-56-19-11-12-20-59(56)62(3,4)60(57)35-48)47-25-27-55-53-17-8-7-15-51(53)49-13-5-6-14-50(49)52-16-9-10-18-54(52)58(55)34-47/h5-30,34-35,41-43H,31-33,36-38H2,1-4H3. The summed E-state index contributed by atoms with van der Waals surface area (Å²) in [6.45, 7) is 9.43. The lowest BCUT2D eigenvalue weighted by Gasteiger charge is -2.57. The van der Waals surface area contributed by atoms with Gasteiger partial charge < -0.3 is 4.90 Å². The molecule has 8 aromatic rings. The quantitative estimate of drug-likeness (QED) is 0.167. The summed E-state index contributed by atoms with van der Waals surface area (Å²) in [6, 6.07) is 65.1. The number of rotatable bonds is 5. The number of fused-ring (bicyclic) bond motifs is 11. The summed E-state index contributed by atoms with van der Waals surface area (Å²) < 4.78 is 0. The first-order valence-corrected chi connectivity index (χ1v) is 23.9. The van der Waals surface area contributed by atoms with Crippen LogP contribution in [0.25, 0.3) is 66.8 Å². The third kappa shape index (κ3) is 5.69. The van der Waals surface area contributed by atoms with Crippen LogP contribution in [0.1, 0.15) is 80.2 Å². The molecule has 0 heterocycles. The van der Waals surface area contributed by atoms with Gasteiger partial charge in [0.1, 0.15) is 0 Å². The van der Waals surface area contributed by atoms with Gasteiger partial charge in [-0.3, -0.25) is 0 Å². The smallest absolute Gasteiger partial charge is 0.0520 e. The van der Waals surface area contributed by atoms with Crippen LogP contribution >= 0.6 is 0 Å². The van der Waals surface area contributed by atoms with Crippen molar-refractivity contribution in [3.05, 3.63) is 198 Å². The highest BCUT2D eigenvalue weighted by molar-refractivity contribution is 6.04. The van der Waals surface area contributed by atoms with Crippen LogP contribution in [0.2, 0.25) is 0 Å². The second-order valence-electron chi connectivity index (χ2n) is 20.8. The van der Waals surface area contributed by atoms with Gasteiger partial charge in [0.2, 0.25) is 0 Å². The molecule has 6 aliphatic rings. The summed E-state index contributed by atoms with van der Waals surface area (Å²) >= 11 is 0. The van der Waals surface area contributed by atoms with Crippen molar-refractivity contribution in [1.29, 1.82) is 0 Å². The molecule has 6 aliphatic carbocycles. The van der Waals surface area contributed by atoms with Crippen LogP contribution < -0.4 is 4.90 Å². The van der Waals surface area contributed by atoms with Gasteiger partial charge in [0.15, 0.2) is 0 Å². The van der Waals surface area contributed by atoms with Gasteiger partial charge in [-0.15, -0.1) is 0 Å². The molecule has 0 spiro atoms. The summed E-state index contributed by atoms with van der Waals surface area (Å²) in [4.78, 5) is 2.56. The SMILES string of the molecule is Cc1cc(-c2ccc(C34CC5CC(CC(C5)C3)C4)cc2)cc(C)c1N(c1ccc2c(c1)-c1ccccc1-c1ccccc1-c1ccccc1-2)c1ccc2c(c1)C(C)(C)c1ccccc1-2. The van der Waals surface area contributed by atoms with Crippen LogP contribution in [-0.2, 0) is 10.8 Å². The lowest BCUT2D eigenvalue weighted by Crippen LogP contribution is -2.48. The predicted molar refractivity (Wildman–Crippen MR) is 269 cm³/mol. The van der Waals surface area contributed by atoms with Crippen LogP contribution in [0.3, 0.4) is 0 Å². The summed E-state index contributed by atoms with van der Waals surface area (Å²) in [7, 11) is 0. The van der Waals surface area contributed by atoms with Crippen LogP contribution in [0, 0.1) is 31.6 Å². The average Bonchev–Trinajstić information content (AvgIpc) is 3.54. The highest BCUT2D eigenvalue weighted by Crippen LogP contribution is 2.61. The monoisotopic (exact) mass is 825 g/mol. The van der Waals surface area contributed by atoms with E-state index in [1.165, 1.54) is 139 Å². The molecule has 8 aromatic carbocycles. The van der Waals surface area contributed by atoms with Gasteiger partial charge in [-0.2, -0.15) is 0 Å². The summed E-state index contributed by atoms with van der Waals surface area (Å²) in [5, 5.41) is 0. The maximum atomic E-state index is 2.56. The van der Waals surface area contributed by atoms with Crippen LogP contribution in [0.4, 0.5) is 17.1 Å². The van der Waals surface area contributed by atoms with Gasteiger partial charge in [0, 0.05) is 16.8 Å². The molecule has 312 valence electrons. The van der Waals surface area contributed by atoms with Crippen molar-refractivity contribution in [2.45, 2.75) is 77.0 Å². The molecule has 4 bridgehead atoms. The Kier molecular flexibility index (Phi) is 8.34. The van der Waals surface area contributed by atoms with Crippen molar-refractivity contribution in [3.8, 4) is 66.8 Å². The molecule has 1 heteroatoms. The molecule has 0 aliphatic heterocycles. The van der Waals surface area contributed by atoms with Crippen molar-refractivity contribution in [2.75, 3.05) is 4.90 Å². The highest BCUT2D eigenvalue weighted by atomic mass is 15.1. The molecule has 0 amide bonds. The zero-order chi connectivity index (χ0) is 42.9. The van der Waals surface area contributed by atoms with Crippen molar-refractivity contribution < 1.29 is 0 Å². The van der Waals surface area contributed by atoms with Gasteiger partial charge in [0.05, 0.1) is 5.69 Å². The molecule has 0 radical (unpaired) electrons. The lowest BCUT2D eigenvalue weighted by molar-refractivity contribution is -0.00518. The Hall–Kier alpha value is -6.44. The van der Waals surface area contributed by atoms with Crippen molar-refractivity contribution in [2.24, 2.45) is 17.8 Å². The van der Waals surface area contributed by atoms with Gasteiger partial charge >= 0.3 is 0 Å². The second kappa shape index (κ2) is 14.0. The predicted octanol–water partition coefficient (Wildman–Crippen LogP) is 17.2. The molecular weight excluding hydrogens is 771 g/mol. The maximum absolute atomic E-state index is 2.56. The van der Waals surface area contributed by atoms with Crippen molar-refractivity contribution in [1.82, 2.24) is 0 Å². The molecule has 0 atom stereocenters. The number of benzene rings is 8. The average molecular weight is 826 g/mol. The zero-order valence-corrected chi connectivity index (χ0v) is 37.6. The number of nitrogens with zero attached hydrogens (tertiary/aromatic N) is 1. The Bertz CT molecular complexity index is 3130. The van der Waals surface area contributed by atoms with E-state index < -0.39 is 0 Å². The molecule has 0 aromatic heterocycles. The first-order valence-electron chi connectivity index (χ1n) is 23.9. The van der Waals surface area contributed by atoms with E-state index in [2.05, 4.69) is 202 Å². The fourth-order valence-corrected chi connectivity index (χ4v) is 14.2. The Labute approximate surface area is 379 Å². The van der Waals surface area contributed by atoms with Crippen LogP contribution in [0.5, 0.6) is 0 Å². The molecule has 0 unspecified atom stereocenters. The molecular formula is C63H55N. The maximum Gasteiger partial charge on any atom is 0.0520 e. The fraction of sp³-hybridized carbons (Fsp3) is 0.238. The third-order valence-electron chi connectivity index (χ3n) is 16.6. The van der Waals surface area contributed by atoms with E-state index >= 15 is 0 Å². The fourth-order valence-electron chi connectivity index (χ4n) is 14.2. The van der Waals surface area contributed by atoms with E-state index in [-0.39, 0.29) is 5.41 Å². The molecule has 4 saturated carbocycles. The Morgan fingerprint density at radius 3 is 1.34 bits per heavy atom. The number of hydrogen-bond acceptors (Lipinski definition) is 1. The number of hydrogen-bond donors (Lipinski definition) is 0. The first-order chi connectivity index (χ1) is 31.2. The van der Waals surface area contributed by atoms with Crippen molar-refractivity contribution in [3.63, 3.8) is 0 Å². The van der Waals surface area contributed by atoms with Gasteiger partial charge in [0.25, 0.3) is 0 Å². The molecule has 64 heavy (non-hydrogen) atoms. The lowest BCUT2D eigenvalue weighted by atomic mass is 9.48. The van der Waals surface area contributed by atoms with E-state index in [9.17, 15) is 0 Å². The largest absolute Gasteiger partial charge is 0.310 e. The Balaban J connectivity index is 0.973. The molecule has 0 saturated heterocycles. The number of aryl methyl sites for hydroxylation is 2. The minimum atomic E-state index is -0.119. The Morgan fingerprint density at radius 1 is 0.391 bits per heavy atom. The zero-order valence-electron chi connectivity index (χ0n) is 37.6. The summed E-state index contributed by atoms with van der Waals surface area (Å²) in [6.07, 6.45) is 8.66. The first kappa shape index (κ1) is 38.1. The molecule has 1 nitrogen and oxygen atoms in total. The van der Waals surface area contributed by atoms with E-state index in [4.69, 9.17) is 0 Å². The van der Waals surface area contributed by atoms with Gasteiger partial charge in [-0.05, 0) is 207 Å². The second-order valence-corrected chi connectivity index (χ2v) is 20.8. The van der Waals surface area contributed by atoms with E-state index in [0.717, 1.165) is 23.4 Å². The minimum Gasteiger partial charge on any atom is -0.310 e. The van der Waals surface area contributed by atoms with Gasteiger partial charge in [-0.25, -0.2) is 0 Å². The van der Waals surface area contributed by atoms with Gasteiger partial charge in [-0.1, -0.05) is 147 Å². The molecule has 14 rings (SSSR count). The minimum absolute atomic E-state index is 0.119. The number of anilines is 3. The van der Waals surface area contributed by atoms with E-state index in [0.29, 0.717) is 5.41 Å². The summed E-state index contributed by atoms with van der Waals surface area (Å²) in [5.41, 5.74) is 26.2. The van der Waals surface area contributed by atoms with Crippen LogP contribution in [-0.4, -0.2) is 0 Å². The topological polar surface area (TPSA) is 3.24 Å². The molecule has 4 fully saturated rings. The normalized spacial score (nSPS) is 21.4. The molecule has 0 N–H and O–H groups in total. The van der Waals surface area contributed by atoms with E-state index in [1.54, 1.807) is 5.56 Å².